The van der Waals surface area contributed by atoms with E-state index in [1.54, 1.807) is 0 Å². The van der Waals surface area contributed by atoms with Gasteiger partial charge in [-0.15, -0.1) is 0 Å². The molecule has 3 rings (SSSR count). The second kappa shape index (κ2) is 4.35. The normalized spacial score (nSPS) is 25.7. The molecule has 4 heteroatoms. The van der Waals surface area contributed by atoms with Crippen molar-refractivity contribution in [2.45, 2.75) is 25.6 Å². The van der Waals surface area contributed by atoms with Crippen LogP contribution >= 0.6 is 0 Å². The summed E-state index contributed by atoms with van der Waals surface area (Å²) in [5, 5.41) is 5.49. The fraction of sp³-hybridized carbons (Fsp3) is 0.500. The maximum atomic E-state index is 14.2. The van der Waals surface area contributed by atoms with Crippen molar-refractivity contribution in [2.24, 2.45) is 0 Å². The molecule has 2 aromatic rings. The van der Waals surface area contributed by atoms with Crippen LogP contribution in [0.25, 0.3) is 10.9 Å². The number of piperidine rings is 1. The number of halogens is 1. The molecular formula is C14H18FN3. The van der Waals surface area contributed by atoms with Gasteiger partial charge in [0.15, 0.2) is 0 Å². The third-order valence-electron chi connectivity index (χ3n) is 3.78. The minimum atomic E-state index is -0.840. The van der Waals surface area contributed by atoms with Crippen LogP contribution in [0.15, 0.2) is 24.4 Å². The third kappa shape index (κ3) is 1.90. The van der Waals surface area contributed by atoms with Gasteiger partial charge in [-0.3, -0.25) is 4.68 Å². The van der Waals surface area contributed by atoms with E-state index < -0.39 is 6.17 Å². The fourth-order valence-corrected chi connectivity index (χ4v) is 2.76. The molecule has 2 heterocycles. The van der Waals surface area contributed by atoms with Crippen molar-refractivity contribution >= 4 is 10.9 Å². The summed E-state index contributed by atoms with van der Waals surface area (Å²) in [5.74, 6) is 0. The molecule has 18 heavy (non-hydrogen) atoms. The first-order chi connectivity index (χ1) is 8.65. The number of rotatable bonds is 1. The number of likely N-dealkylation sites (tertiary alicyclic amines) is 1. The number of alkyl halides is 1. The van der Waals surface area contributed by atoms with Gasteiger partial charge < -0.3 is 4.90 Å². The molecule has 0 spiro atoms. The lowest BCUT2D eigenvalue weighted by Gasteiger charge is -2.32. The Morgan fingerprint density at radius 2 is 2.22 bits per heavy atom. The molecule has 0 saturated carbocycles. The van der Waals surface area contributed by atoms with E-state index in [4.69, 9.17) is 0 Å². The molecule has 0 N–H and O–H groups in total. The highest BCUT2D eigenvalue weighted by Gasteiger charge is 2.30. The van der Waals surface area contributed by atoms with Crippen molar-refractivity contribution in [1.29, 1.82) is 0 Å². The van der Waals surface area contributed by atoms with Gasteiger partial charge in [0.2, 0.25) is 0 Å². The first kappa shape index (κ1) is 11.7. The van der Waals surface area contributed by atoms with Crippen molar-refractivity contribution in [3.63, 3.8) is 0 Å². The van der Waals surface area contributed by atoms with Crippen LogP contribution in [0.2, 0.25) is 0 Å². The summed E-state index contributed by atoms with van der Waals surface area (Å²) in [6, 6.07) is 6.08. The zero-order valence-electron chi connectivity index (χ0n) is 10.8. The number of aryl methyl sites for hydroxylation is 1. The zero-order valence-corrected chi connectivity index (χ0v) is 10.8. The number of hydrogen-bond acceptors (Lipinski definition) is 2. The van der Waals surface area contributed by atoms with Crippen LogP contribution in [0.4, 0.5) is 4.39 Å². The van der Waals surface area contributed by atoms with Crippen LogP contribution in [0.1, 0.15) is 18.0 Å². The molecule has 2 atom stereocenters. The van der Waals surface area contributed by atoms with E-state index in [2.05, 4.69) is 24.2 Å². The number of hydrogen-bond donors (Lipinski definition) is 0. The van der Waals surface area contributed by atoms with E-state index in [9.17, 15) is 4.39 Å². The van der Waals surface area contributed by atoms with E-state index in [0.29, 0.717) is 6.54 Å². The fourth-order valence-electron chi connectivity index (χ4n) is 2.76. The minimum absolute atomic E-state index is 0.124. The summed E-state index contributed by atoms with van der Waals surface area (Å²) in [6.45, 7) is 3.49. The molecule has 0 bridgehead atoms. The van der Waals surface area contributed by atoms with Gasteiger partial charge in [-0.2, -0.15) is 5.10 Å². The van der Waals surface area contributed by atoms with E-state index in [0.717, 1.165) is 23.9 Å². The van der Waals surface area contributed by atoms with Gasteiger partial charge in [-0.1, -0.05) is 11.6 Å². The van der Waals surface area contributed by atoms with Crippen molar-refractivity contribution in [3.8, 4) is 0 Å². The Kier molecular flexibility index (Phi) is 2.82. The van der Waals surface area contributed by atoms with Crippen LogP contribution in [0.3, 0.4) is 0 Å². The van der Waals surface area contributed by atoms with E-state index in [1.165, 1.54) is 5.56 Å². The average molecular weight is 247 g/mol. The molecule has 1 saturated heterocycles. The lowest BCUT2D eigenvalue weighted by Crippen LogP contribution is -2.40. The van der Waals surface area contributed by atoms with Crippen LogP contribution in [-0.4, -0.2) is 41.0 Å². The lowest BCUT2D eigenvalue weighted by molar-refractivity contribution is 0.103. The Labute approximate surface area is 106 Å². The highest BCUT2D eigenvalue weighted by molar-refractivity contribution is 5.79. The molecule has 0 radical (unpaired) electrons. The molecule has 1 aliphatic heterocycles. The quantitative estimate of drug-likeness (QED) is 0.772. The summed E-state index contributed by atoms with van der Waals surface area (Å²) >= 11 is 0. The highest BCUT2D eigenvalue weighted by Crippen LogP contribution is 2.28. The molecule has 1 aliphatic rings. The van der Waals surface area contributed by atoms with Crippen molar-refractivity contribution < 1.29 is 4.39 Å². The predicted octanol–water partition coefficient (Wildman–Crippen LogP) is 2.56. The summed E-state index contributed by atoms with van der Waals surface area (Å²) in [4.78, 5) is 2.04. The molecule has 96 valence electrons. The van der Waals surface area contributed by atoms with Crippen molar-refractivity contribution in [3.05, 3.63) is 30.0 Å². The third-order valence-corrected chi connectivity index (χ3v) is 3.78. The van der Waals surface area contributed by atoms with Crippen LogP contribution in [0, 0.1) is 6.92 Å². The molecule has 1 aromatic heterocycles. The lowest BCUT2D eigenvalue weighted by atomic mass is 10.0. The monoisotopic (exact) mass is 247 g/mol. The van der Waals surface area contributed by atoms with E-state index in [-0.39, 0.29) is 6.04 Å². The maximum absolute atomic E-state index is 14.2. The van der Waals surface area contributed by atoms with E-state index in [1.807, 2.05) is 28.9 Å². The van der Waals surface area contributed by atoms with E-state index >= 15 is 0 Å². The Morgan fingerprint density at radius 3 is 3.00 bits per heavy atom. The number of fused-ring (bicyclic) bond motifs is 1. The predicted molar refractivity (Wildman–Crippen MR) is 70.5 cm³/mol. The number of aromatic nitrogens is 2. The van der Waals surface area contributed by atoms with Crippen molar-refractivity contribution in [2.75, 3.05) is 20.1 Å². The Hall–Kier alpha value is -1.42. The average Bonchev–Trinajstić information content (AvgIpc) is 2.72. The van der Waals surface area contributed by atoms with Crippen LogP contribution < -0.4 is 0 Å². The van der Waals surface area contributed by atoms with Gasteiger partial charge in [0.25, 0.3) is 0 Å². The minimum Gasteiger partial charge on any atom is -0.303 e. The molecule has 1 fully saturated rings. The second-order valence-corrected chi connectivity index (χ2v) is 5.29. The molecule has 0 amide bonds. The standard InChI is InChI=1S/C14H18FN3/c1-10-3-4-13-11(7-10)8-16-18(13)14-5-6-17(2)9-12(14)15/h3-4,7-8,12,14H,5-6,9H2,1-2H3. The van der Waals surface area contributed by atoms with Gasteiger partial charge in [-0.25, -0.2) is 4.39 Å². The molecule has 0 aliphatic carbocycles. The maximum Gasteiger partial charge on any atom is 0.135 e. The summed E-state index contributed by atoms with van der Waals surface area (Å²) in [6.07, 6.45) is 1.82. The molecular weight excluding hydrogens is 229 g/mol. The molecule has 1 aromatic carbocycles. The van der Waals surface area contributed by atoms with Gasteiger partial charge in [0, 0.05) is 18.5 Å². The van der Waals surface area contributed by atoms with Crippen molar-refractivity contribution in [1.82, 2.24) is 14.7 Å². The summed E-state index contributed by atoms with van der Waals surface area (Å²) in [5.41, 5.74) is 2.25. The topological polar surface area (TPSA) is 21.1 Å². The van der Waals surface area contributed by atoms with Crippen LogP contribution in [-0.2, 0) is 0 Å². The summed E-state index contributed by atoms with van der Waals surface area (Å²) in [7, 11) is 1.97. The van der Waals surface area contributed by atoms with Gasteiger partial charge in [0.05, 0.1) is 17.8 Å². The SMILES string of the molecule is Cc1ccc2c(cnn2C2CCN(C)CC2F)c1. The molecule has 2 unspecified atom stereocenters. The van der Waals surface area contributed by atoms with Gasteiger partial charge in [0.1, 0.15) is 6.17 Å². The Bertz CT molecular complexity index is 563. The number of nitrogens with zero attached hydrogens (tertiary/aromatic N) is 3. The Morgan fingerprint density at radius 1 is 1.39 bits per heavy atom. The summed E-state index contributed by atoms with van der Waals surface area (Å²) < 4.78 is 16.0. The van der Waals surface area contributed by atoms with Gasteiger partial charge in [-0.05, 0) is 32.5 Å². The van der Waals surface area contributed by atoms with Crippen LogP contribution in [0.5, 0.6) is 0 Å². The molecule has 3 nitrogen and oxygen atoms in total. The highest BCUT2D eigenvalue weighted by atomic mass is 19.1. The zero-order chi connectivity index (χ0) is 12.7. The van der Waals surface area contributed by atoms with Gasteiger partial charge >= 0.3 is 0 Å². The first-order valence-corrected chi connectivity index (χ1v) is 6.41. The first-order valence-electron chi connectivity index (χ1n) is 6.41. The second-order valence-electron chi connectivity index (χ2n) is 5.29. The largest absolute Gasteiger partial charge is 0.303 e. The smallest absolute Gasteiger partial charge is 0.135 e. The Balaban J connectivity index is 1.99. The number of benzene rings is 1.